The minimum absolute atomic E-state index is 0.270. The number of thiazole rings is 1. The van der Waals surface area contributed by atoms with Gasteiger partial charge < -0.3 is 10.1 Å². The average Bonchev–Trinajstić information content (AvgIpc) is 2.93. The second-order valence-corrected chi connectivity index (χ2v) is 5.79. The topological polar surface area (TPSA) is 34.1 Å². The fourth-order valence-electron chi connectivity index (χ4n) is 1.95. The number of halogens is 1. The molecular weight excluding hydrogens is 287 g/mol. The lowest BCUT2D eigenvalue weighted by Gasteiger charge is -2.08. The van der Waals surface area contributed by atoms with Crippen LogP contribution in [0, 0.1) is 5.82 Å². The van der Waals surface area contributed by atoms with Crippen LogP contribution in [0.3, 0.4) is 0 Å². The number of hydrogen-bond donors (Lipinski definition) is 1. The predicted octanol–water partition coefficient (Wildman–Crippen LogP) is 3.92. The molecular formula is C16H21FN2OS. The monoisotopic (exact) mass is 308 g/mol. The van der Waals surface area contributed by atoms with E-state index in [-0.39, 0.29) is 5.82 Å². The van der Waals surface area contributed by atoms with Gasteiger partial charge in [0.15, 0.2) is 0 Å². The van der Waals surface area contributed by atoms with Crippen molar-refractivity contribution in [1.29, 1.82) is 0 Å². The molecule has 0 fully saturated rings. The Morgan fingerprint density at radius 2 is 2.14 bits per heavy atom. The van der Waals surface area contributed by atoms with E-state index in [0.717, 1.165) is 35.7 Å². The maximum absolute atomic E-state index is 13.6. The highest BCUT2D eigenvalue weighted by molar-refractivity contribution is 7.09. The first-order valence-electron chi connectivity index (χ1n) is 7.27. The van der Waals surface area contributed by atoms with Gasteiger partial charge in [0.25, 0.3) is 0 Å². The molecule has 1 aromatic carbocycles. The Bertz CT molecular complexity index is 571. The van der Waals surface area contributed by atoms with Gasteiger partial charge in [-0.15, -0.1) is 11.3 Å². The van der Waals surface area contributed by atoms with Gasteiger partial charge >= 0.3 is 0 Å². The van der Waals surface area contributed by atoms with Crippen LogP contribution < -0.4 is 10.1 Å². The third-order valence-electron chi connectivity index (χ3n) is 2.98. The third kappa shape index (κ3) is 5.10. The number of benzene rings is 1. The lowest BCUT2D eigenvalue weighted by molar-refractivity contribution is 0.300. The molecule has 21 heavy (non-hydrogen) atoms. The first-order chi connectivity index (χ1) is 10.2. The zero-order valence-electron chi connectivity index (χ0n) is 12.5. The SMILES string of the molecule is CCCNCc1cc(F)cc(OCc2csc(CC)n2)c1. The van der Waals surface area contributed by atoms with Crippen LogP contribution in [-0.4, -0.2) is 11.5 Å². The highest BCUT2D eigenvalue weighted by Gasteiger charge is 2.05. The molecule has 0 saturated carbocycles. The number of hydrogen-bond acceptors (Lipinski definition) is 4. The zero-order chi connectivity index (χ0) is 15.1. The largest absolute Gasteiger partial charge is 0.487 e. The second-order valence-electron chi connectivity index (χ2n) is 4.85. The lowest BCUT2D eigenvalue weighted by atomic mass is 10.2. The van der Waals surface area contributed by atoms with Gasteiger partial charge in [0, 0.05) is 18.0 Å². The van der Waals surface area contributed by atoms with Crippen molar-refractivity contribution in [3.8, 4) is 5.75 Å². The second kappa shape index (κ2) is 8.10. The zero-order valence-corrected chi connectivity index (χ0v) is 13.3. The Balaban J connectivity index is 1.95. The van der Waals surface area contributed by atoms with Crippen molar-refractivity contribution in [2.75, 3.05) is 6.54 Å². The summed E-state index contributed by atoms with van der Waals surface area (Å²) in [6.45, 7) is 6.13. The molecule has 0 amide bonds. The maximum atomic E-state index is 13.6. The molecule has 1 heterocycles. The Hall–Kier alpha value is -1.46. The molecule has 3 nitrogen and oxygen atoms in total. The highest BCUT2D eigenvalue weighted by atomic mass is 32.1. The van der Waals surface area contributed by atoms with Crippen LogP contribution in [0.15, 0.2) is 23.6 Å². The number of aryl methyl sites for hydroxylation is 1. The molecule has 0 unspecified atom stereocenters. The van der Waals surface area contributed by atoms with Crippen LogP contribution in [0.25, 0.3) is 0 Å². The molecule has 0 atom stereocenters. The molecule has 2 rings (SSSR count). The van der Waals surface area contributed by atoms with Crippen LogP contribution >= 0.6 is 11.3 Å². The van der Waals surface area contributed by atoms with E-state index in [1.165, 1.54) is 12.1 Å². The number of nitrogens with one attached hydrogen (secondary N) is 1. The summed E-state index contributed by atoms with van der Waals surface area (Å²) in [6.07, 6.45) is 1.99. The van der Waals surface area contributed by atoms with Crippen LogP contribution in [-0.2, 0) is 19.6 Å². The molecule has 0 aliphatic carbocycles. The summed E-state index contributed by atoms with van der Waals surface area (Å²) in [5, 5.41) is 6.34. The molecule has 1 aromatic heterocycles. The molecule has 0 aliphatic heterocycles. The van der Waals surface area contributed by atoms with E-state index in [0.29, 0.717) is 18.9 Å². The van der Waals surface area contributed by atoms with E-state index in [2.05, 4.69) is 24.1 Å². The predicted molar refractivity (Wildman–Crippen MR) is 84.2 cm³/mol. The summed E-state index contributed by atoms with van der Waals surface area (Å²) in [6, 6.07) is 4.82. The van der Waals surface area contributed by atoms with Crippen LogP contribution in [0.1, 0.15) is 36.5 Å². The number of ether oxygens (including phenoxy) is 1. The van der Waals surface area contributed by atoms with Crippen molar-refractivity contribution in [3.63, 3.8) is 0 Å². The summed E-state index contributed by atoms with van der Waals surface area (Å²) in [4.78, 5) is 4.44. The van der Waals surface area contributed by atoms with Crippen molar-refractivity contribution in [2.24, 2.45) is 0 Å². The molecule has 0 aliphatic rings. The van der Waals surface area contributed by atoms with Crippen molar-refractivity contribution in [3.05, 3.63) is 45.7 Å². The molecule has 1 N–H and O–H groups in total. The quantitative estimate of drug-likeness (QED) is 0.750. The summed E-state index contributed by atoms with van der Waals surface area (Å²) >= 11 is 1.63. The molecule has 0 saturated heterocycles. The molecule has 114 valence electrons. The smallest absolute Gasteiger partial charge is 0.131 e. The summed E-state index contributed by atoms with van der Waals surface area (Å²) in [5.74, 6) is 0.280. The van der Waals surface area contributed by atoms with Crippen molar-refractivity contribution in [2.45, 2.75) is 39.8 Å². The van der Waals surface area contributed by atoms with E-state index >= 15 is 0 Å². The van der Waals surface area contributed by atoms with E-state index in [4.69, 9.17) is 4.74 Å². The van der Waals surface area contributed by atoms with Gasteiger partial charge in [-0.3, -0.25) is 0 Å². The Labute approximate surface area is 129 Å². The van der Waals surface area contributed by atoms with Crippen molar-refractivity contribution < 1.29 is 9.13 Å². The number of aromatic nitrogens is 1. The number of rotatable bonds is 8. The molecule has 2 aromatic rings. The molecule has 0 spiro atoms. The molecule has 0 radical (unpaired) electrons. The van der Waals surface area contributed by atoms with Gasteiger partial charge in [0.1, 0.15) is 18.2 Å². The van der Waals surface area contributed by atoms with Crippen LogP contribution in [0.4, 0.5) is 4.39 Å². The van der Waals surface area contributed by atoms with Gasteiger partial charge in [0.05, 0.1) is 10.7 Å². The Kier molecular flexibility index (Phi) is 6.14. The minimum atomic E-state index is -0.270. The first-order valence-corrected chi connectivity index (χ1v) is 8.15. The lowest BCUT2D eigenvalue weighted by Crippen LogP contribution is -2.14. The van der Waals surface area contributed by atoms with Crippen LogP contribution in [0.2, 0.25) is 0 Å². The van der Waals surface area contributed by atoms with Crippen molar-refractivity contribution in [1.82, 2.24) is 10.3 Å². The van der Waals surface area contributed by atoms with E-state index in [1.807, 2.05) is 11.4 Å². The standard InChI is InChI=1S/C16H21FN2OS/c1-3-5-18-9-12-6-13(17)8-15(7-12)20-10-14-11-21-16(4-2)19-14/h6-8,11,18H,3-5,9-10H2,1-2H3. The van der Waals surface area contributed by atoms with E-state index in [1.54, 1.807) is 11.3 Å². The van der Waals surface area contributed by atoms with Crippen LogP contribution in [0.5, 0.6) is 5.75 Å². The van der Waals surface area contributed by atoms with Gasteiger partial charge in [-0.1, -0.05) is 13.8 Å². The fourth-order valence-corrected chi connectivity index (χ4v) is 2.68. The maximum Gasteiger partial charge on any atom is 0.131 e. The summed E-state index contributed by atoms with van der Waals surface area (Å²) in [7, 11) is 0. The van der Waals surface area contributed by atoms with Gasteiger partial charge in [-0.25, -0.2) is 9.37 Å². The number of nitrogens with zero attached hydrogens (tertiary/aromatic N) is 1. The highest BCUT2D eigenvalue weighted by Crippen LogP contribution is 2.19. The summed E-state index contributed by atoms with van der Waals surface area (Å²) < 4.78 is 19.3. The minimum Gasteiger partial charge on any atom is -0.487 e. The van der Waals surface area contributed by atoms with Gasteiger partial charge in [0.2, 0.25) is 0 Å². The Morgan fingerprint density at radius 3 is 2.86 bits per heavy atom. The molecule has 5 heteroatoms. The molecule has 0 bridgehead atoms. The van der Waals surface area contributed by atoms with Gasteiger partial charge in [-0.2, -0.15) is 0 Å². The van der Waals surface area contributed by atoms with E-state index < -0.39 is 0 Å². The fraction of sp³-hybridized carbons (Fsp3) is 0.438. The van der Waals surface area contributed by atoms with E-state index in [9.17, 15) is 4.39 Å². The third-order valence-corrected chi connectivity index (χ3v) is 4.02. The normalized spacial score (nSPS) is 10.8. The summed E-state index contributed by atoms with van der Waals surface area (Å²) in [5.41, 5.74) is 1.79. The van der Waals surface area contributed by atoms with Gasteiger partial charge in [-0.05, 0) is 37.1 Å². The Morgan fingerprint density at radius 1 is 1.29 bits per heavy atom. The first kappa shape index (κ1) is 15.9. The van der Waals surface area contributed by atoms with Crippen molar-refractivity contribution >= 4 is 11.3 Å². The average molecular weight is 308 g/mol.